The molecule has 0 aliphatic rings. The molecule has 3 rings (SSSR count). The molecule has 0 unspecified atom stereocenters. The van der Waals surface area contributed by atoms with Crippen LogP contribution in [0.3, 0.4) is 0 Å². The number of aromatic nitrogens is 2. The molecule has 1 heterocycles. The van der Waals surface area contributed by atoms with Crippen molar-refractivity contribution in [2.45, 2.75) is 4.90 Å². The highest BCUT2D eigenvalue weighted by atomic mass is 32.3. The van der Waals surface area contributed by atoms with Gasteiger partial charge in [0.1, 0.15) is 11.6 Å². The first-order chi connectivity index (χ1) is 13.8. The lowest BCUT2D eigenvalue weighted by Gasteiger charge is -2.24. The Labute approximate surface area is 177 Å². The fourth-order valence-electron chi connectivity index (χ4n) is 2.67. The van der Waals surface area contributed by atoms with Crippen molar-refractivity contribution in [3.63, 3.8) is 0 Å². The predicted octanol–water partition coefficient (Wildman–Crippen LogP) is 5.29. The van der Waals surface area contributed by atoms with E-state index in [-0.39, 0.29) is 5.82 Å². The number of halogens is 1. The molecule has 0 amide bonds. The average Bonchev–Trinajstić information content (AvgIpc) is 2.68. The Hall–Kier alpha value is -2.09. The van der Waals surface area contributed by atoms with E-state index >= 15 is 0 Å². The third-order valence-corrected chi connectivity index (χ3v) is 6.60. The standard InChI is InChI=1S/C22H26FN3OS2/c1-29(2,3)11-10-27-15-28-21-7-5-4-6-17(21)16-8-9-18(19(23)12-16)20-13-26-22(24)14-25-20/h4-9,12-14H,10-11,15H2,1-3H3,(H2,24,26). The molecule has 2 aromatic carbocycles. The number of hydrogen-bond donors (Lipinski definition) is 1. The van der Waals surface area contributed by atoms with Gasteiger partial charge in [0.2, 0.25) is 0 Å². The predicted molar refractivity (Wildman–Crippen MR) is 124 cm³/mol. The minimum Gasteiger partial charge on any atom is -0.382 e. The number of thioether (sulfide) groups is 1. The van der Waals surface area contributed by atoms with Crippen LogP contribution in [0.4, 0.5) is 10.2 Å². The molecule has 3 aromatic rings. The third kappa shape index (κ3) is 6.19. The number of benzene rings is 2. The lowest BCUT2D eigenvalue weighted by Crippen LogP contribution is -2.06. The van der Waals surface area contributed by atoms with Gasteiger partial charge in [0.25, 0.3) is 0 Å². The molecule has 2 N–H and O–H groups in total. The van der Waals surface area contributed by atoms with Crippen molar-refractivity contribution in [1.29, 1.82) is 0 Å². The molecule has 0 spiro atoms. The number of nitrogens with two attached hydrogens (primary N) is 1. The van der Waals surface area contributed by atoms with Crippen LogP contribution in [0.2, 0.25) is 0 Å². The fraction of sp³-hybridized carbons (Fsp3) is 0.273. The SMILES string of the molecule is CS(C)(C)CCOCSc1ccccc1-c1ccc(-c2cnc(N)cn2)c(F)c1. The highest BCUT2D eigenvalue weighted by Gasteiger charge is 2.12. The molecule has 0 bridgehead atoms. The summed E-state index contributed by atoms with van der Waals surface area (Å²) < 4.78 is 20.6. The van der Waals surface area contributed by atoms with E-state index in [2.05, 4.69) is 28.7 Å². The van der Waals surface area contributed by atoms with Gasteiger partial charge >= 0.3 is 0 Å². The fourth-order valence-corrected chi connectivity index (χ4v) is 4.13. The largest absolute Gasteiger partial charge is 0.382 e. The smallest absolute Gasteiger partial charge is 0.141 e. The normalized spacial score (nSPS) is 12.1. The van der Waals surface area contributed by atoms with Gasteiger partial charge in [0, 0.05) is 16.2 Å². The lowest BCUT2D eigenvalue weighted by molar-refractivity contribution is 0.201. The van der Waals surface area contributed by atoms with Crippen LogP contribution < -0.4 is 5.73 Å². The summed E-state index contributed by atoms with van der Waals surface area (Å²) in [6.07, 6.45) is 9.76. The van der Waals surface area contributed by atoms with Gasteiger partial charge in [0.15, 0.2) is 0 Å². The van der Waals surface area contributed by atoms with E-state index in [0.717, 1.165) is 28.4 Å². The van der Waals surface area contributed by atoms with Gasteiger partial charge in [-0.2, -0.15) is 0 Å². The van der Waals surface area contributed by atoms with Crippen LogP contribution in [0.5, 0.6) is 0 Å². The summed E-state index contributed by atoms with van der Waals surface area (Å²) in [4.78, 5) is 9.21. The Balaban J connectivity index is 1.74. The van der Waals surface area contributed by atoms with E-state index in [1.165, 1.54) is 18.5 Å². The van der Waals surface area contributed by atoms with Gasteiger partial charge in [-0.25, -0.2) is 19.4 Å². The third-order valence-electron chi connectivity index (χ3n) is 4.25. The van der Waals surface area contributed by atoms with Crippen LogP contribution in [-0.4, -0.2) is 47.0 Å². The zero-order chi connectivity index (χ0) is 20.9. The topological polar surface area (TPSA) is 61.0 Å². The molecular formula is C22H26FN3OS2. The molecule has 0 atom stereocenters. The summed E-state index contributed by atoms with van der Waals surface area (Å²) in [6, 6.07) is 13.2. The molecule has 154 valence electrons. The van der Waals surface area contributed by atoms with Crippen molar-refractivity contribution < 1.29 is 9.13 Å². The highest BCUT2D eigenvalue weighted by Crippen LogP contribution is 2.35. The van der Waals surface area contributed by atoms with Gasteiger partial charge in [-0.1, -0.05) is 36.0 Å². The number of hydrogen-bond acceptors (Lipinski definition) is 5. The van der Waals surface area contributed by atoms with Crippen LogP contribution in [-0.2, 0) is 4.74 Å². The molecule has 1 aromatic heterocycles. The summed E-state index contributed by atoms with van der Waals surface area (Å²) in [5, 5.41) is 0. The molecule has 0 aliphatic carbocycles. The summed E-state index contributed by atoms with van der Waals surface area (Å²) in [7, 11) is -0.547. The number of nitrogen functional groups attached to an aromatic ring is 1. The average molecular weight is 432 g/mol. The Bertz CT molecular complexity index is 959. The van der Waals surface area contributed by atoms with E-state index < -0.39 is 10.0 Å². The van der Waals surface area contributed by atoms with Crippen molar-refractivity contribution in [1.82, 2.24) is 9.97 Å². The zero-order valence-electron chi connectivity index (χ0n) is 16.9. The van der Waals surface area contributed by atoms with Crippen molar-refractivity contribution >= 4 is 27.6 Å². The second-order valence-electron chi connectivity index (χ2n) is 7.48. The molecule has 29 heavy (non-hydrogen) atoms. The van der Waals surface area contributed by atoms with Gasteiger partial charge in [-0.05, 0) is 48.1 Å². The first-order valence-corrected chi connectivity index (χ1v) is 13.2. The van der Waals surface area contributed by atoms with E-state index in [4.69, 9.17) is 10.5 Å². The molecule has 0 radical (unpaired) electrons. The molecular weight excluding hydrogens is 405 g/mol. The molecule has 0 aliphatic heterocycles. The summed E-state index contributed by atoms with van der Waals surface area (Å²) in [6.45, 7) is 0.764. The van der Waals surface area contributed by atoms with Gasteiger partial charge in [0.05, 0.1) is 30.6 Å². The van der Waals surface area contributed by atoms with E-state index in [1.807, 2.05) is 30.3 Å². The van der Waals surface area contributed by atoms with Crippen LogP contribution in [0.15, 0.2) is 59.8 Å². The first kappa shape index (κ1) is 21.6. The highest BCUT2D eigenvalue weighted by molar-refractivity contribution is 8.32. The maximum atomic E-state index is 14.8. The summed E-state index contributed by atoms with van der Waals surface area (Å²) >= 11 is 1.63. The first-order valence-electron chi connectivity index (χ1n) is 9.17. The number of rotatable bonds is 8. The van der Waals surface area contributed by atoms with Gasteiger partial charge in [-0.15, -0.1) is 0 Å². The van der Waals surface area contributed by atoms with E-state index in [0.29, 0.717) is 23.0 Å². The Morgan fingerprint density at radius 3 is 2.52 bits per heavy atom. The second kappa shape index (κ2) is 9.61. The minimum absolute atomic E-state index is 0.308. The second-order valence-corrected chi connectivity index (χ2v) is 13.0. The molecule has 0 saturated carbocycles. The van der Waals surface area contributed by atoms with E-state index in [1.54, 1.807) is 17.8 Å². The summed E-state index contributed by atoms with van der Waals surface area (Å²) in [5.74, 6) is 1.64. The van der Waals surface area contributed by atoms with Crippen molar-refractivity contribution in [2.75, 3.05) is 42.8 Å². The van der Waals surface area contributed by atoms with Crippen molar-refractivity contribution in [3.05, 3.63) is 60.7 Å². The minimum atomic E-state index is -0.547. The zero-order valence-corrected chi connectivity index (χ0v) is 18.5. The van der Waals surface area contributed by atoms with Crippen LogP contribution in [0.25, 0.3) is 22.4 Å². The lowest BCUT2D eigenvalue weighted by atomic mass is 10.0. The quantitative estimate of drug-likeness (QED) is 0.298. The number of anilines is 1. The van der Waals surface area contributed by atoms with Crippen LogP contribution >= 0.6 is 21.8 Å². The molecule has 4 nitrogen and oxygen atoms in total. The Kier molecular flexibility index (Phi) is 7.16. The van der Waals surface area contributed by atoms with E-state index in [9.17, 15) is 4.39 Å². The number of ether oxygens (including phenoxy) is 1. The molecule has 0 saturated heterocycles. The maximum Gasteiger partial charge on any atom is 0.141 e. The van der Waals surface area contributed by atoms with Crippen LogP contribution in [0.1, 0.15) is 0 Å². The molecule has 7 heteroatoms. The van der Waals surface area contributed by atoms with Crippen LogP contribution in [0, 0.1) is 5.82 Å². The molecule has 0 fully saturated rings. The summed E-state index contributed by atoms with van der Waals surface area (Å²) in [5.41, 5.74) is 8.22. The monoisotopic (exact) mass is 431 g/mol. The van der Waals surface area contributed by atoms with Gasteiger partial charge < -0.3 is 10.5 Å². The van der Waals surface area contributed by atoms with Crippen molar-refractivity contribution in [3.8, 4) is 22.4 Å². The van der Waals surface area contributed by atoms with Gasteiger partial charge in [-0.3, -0.25) is 4.98 Å². The van der Waals surface area contributed by atoms with Crippen molar-refractivity contribution in [2.24, 2.45) is 0 Å². The maximum absolute atomic E-state index is 14.8. The Morgan fingerprint density at radius 1 is 1.03 bits per heavy atom. The Morgan fingerprint density at radius 2 is 1.83 bits per heavy atom. The number of nitrogens with zero attached hydrogens (tertiary/aromatic N) is 2.